The lowest BCUT2D eigenvalue weighted by Crippen LogP contribution is -2.20. The molecule has 1 saturated heterocycles. The molecule has 100 valence electrons. The third-order valence-electron chi connectivity index (χ3n) is 4.27. The first kappa shape index (κ1) is 11.5. The van der Waals surface area contributed by atoms with Crippen LogP contribution < -0.4 is 5.32 Å². The monoisotopic (exact) mass is 264 g/mol. The Labute approximate surface area is 118 Å². The molecular weight excluding hydrogens is 248 g/mol. The number of fused-ring (bicyclic) bond motifs is 3. The molecule has 0 radical (unpaired) electrons. The Kier molecular flexibility index (Phi) is 2.52. The van der Waals surface area contributed by atoms with E-state index in [1.54, 1.807) is 0 Å². The molecule has 2 aromatic carbocycles. The van der Waals surface area contributed by atoms with Gasteiger partial charge in [0.05, 0.1) is 12.1 Å². The summed E-state index contributed by atoms with van der Waals surface area (Å²) < 4.78 is 0. The molecule has 2 aromatic rings. The average molecular weight is 264 g/mol. The number of carbonyl (C=O) groups is 1. The van der Waals surface area contributed by atoms with Gasteiger partial charge in [0.15, 0.2) is 0 Å². The molecular formula is C17H16N2O. The number of carbonyl (C=O) groups excluding carboxylic acids is 1. The standard InChI is InChI=1S/C17H16N2O/c20-17(18-13-7-2-1-3-8-13)19-15-11-10-12-6-4-5-9-14(12)16(15)19/h1-9,15-16H,10-11H2,(H,18,20)/t15-,16-,19?/m1/s1. The van der Waals surface area contributed by atoms with Gasteiger partial charge in [0, 0.05) is 5.69 Å². The first-order valence-corrected chi connectivity index (χ1v) is 7.07. The number of amides is 2. The molecule has 2 aliphatic rings. The van der Waals surface area contributed by atoms with E-state index >= 15 is 0 Å². The van der Waals surface area contributed by atoms with Crippen LogP contribution in [0.1, 0.15) is 23.6 Å². The number of nitrogens with zero attached hydrogens (tertiary/aromatic N) is 1. The predicted molar refractivity (Wildman–Crippen MR) is 78.6 cm³/mol. The second-order valence-corrected chi connectivity index (χ2v) is 5.45. The van der Waals surface area contributed by atoms with Crippen LogP contribution in [0.25, 0.3) is 0 Å². The van der Waals surface area contributed by atoms with Gasteiger partial charge < -0.3 is 10.2 Å². The SMILES string of the molecule is O=C(Nc1ccccc1)N1[C@@H]2CCc3ccccc3[C@H]21. The normalized spacial score (nSPS) is 22.7. The van der Waals surface area contributed by atoms with Crippen LogP contribution >= 0.6 is 0 Å². The number of para-hydroxylation sites is 1. The summed E-state index contributed by atoms with van der Waals surface area (Å²) >= 11 is 0. The van der Waals surface area contributed by atoms with E-state index in [4.69, 9.17) is 0 Å². The van der Waals surface area contributed by atoms with Crippen molar-refractivity contribution in [2.75, 3.05) is 5.32 Å². The smallest absolute Gasteiger partial charge is 0.310 e. The Morgan fingerprint density at radius 3 is 2.65 bits per heavy atom. The summed E-state index contributed by atoms with van der Waals surface area (Å²) in [5.41, 5.74) is 3.57. The molecule has 0 aromatic heterocycles. The highest BCUT2D eigenvalue weighted by Gasteiger charge is 2.53. The van der Waals surface area contributed by atoms with Gasteiger partial charge in [-0.1, -0.05) is 42.5 Å². The van der Waals surface area contributed by atoms with E-state index in [1.807, 2.05) is 35.2 Å². The largest absolute Gasteiger partial charge is 0.322 e. The van der Waals surface area contributed by atoms with Gasteiger partial charge in [-0.05, 0) is 36.1 Å². The fourth-order valence-corrected chi connectivity index (χ4v) is 3.27. The molecule has 4 rings (SSSR count). The molecule has 0 bridgehead atoms. The van der Waals surface area contributed by atoms with Crippen molar-refractivity contribution in [1.82, 2.24) is 4.90 Å². The molecule has 1 aliphatic carbocycles. The highest BCUT2D eigenvalue weighted by molar-refractivity contribution is 5.92. The molecule has 3 nitrogen and oxygen atoms in total. The first-order chi connectivity index (χ1) is 9.84. The summed E-state index contributed by atoms with van der Waals surface area (Å²) in [4.78, 5) is 14.3. The van der Waals surface area contributed by atoms with Gasteiger partial charge in [0.2, 0.25) is 0 Å². The molecule has 1 fully saturated rings. The van der Waals surface area contributed by atoms with Gasteiger partial charge in [0.1, 0.15) is 0 Å². The van der Waals surface area contributed by atoms with Crippen molar-refractivity contribution in [3.8, 4) is 0 Å². The Morgan fingerprint density at radius 1 is 1.05 bits per heavy atom. The lowest BCUT2D eigenvalue weighted by molar-refractivity contribution is 0.237. The molecule has 20 heavy (non-hydrogen) atoms. The maximum atomic E-state index is 12.4. The highest BCUT2D eigenvalue weighted by atomic mass is 16.2. The van der Waals surface area contributed by atoms with E-state index in [0.717, 1.165) is 18.5 Å². The summed E-state index contributed by atoms with van der Waals surface area (Å²) in [5, 5.41) is 2.98. The summed E-state index contributed by atoms with van der Waals surface area (Å²) in [5.74, 6) is 0. The molecule has 2 amide bonds. The van der Waals surface area contributed by atoms with E-state index in [2.05, 4.69) is 29.6 Å². The van der Waals surface area contributed by atoms with E-state index < -0.39 is 0 Å². The number of benzene rings is 2. The fraction of sp³-hybridized carbons (Fsp3) is 0.235. The van der Waals surface area contributed by atoms with E-state index in [-0.39, 0.29) is 12.1 Å². The highest BCUT2D eigenvalue weighted by Crippen LogP contribution is 2.50. The second-order valence-electron chi connectivity index (χ2n) is 5.45. The van der Waals surface area contributed by atoms with Crippen molar-refractivity contribution in [3.05, 3.63) is 65.7 Å². The first-order valence-electron chi connectivity index (χ1n) is 7.07. The third kappa shape index (κ3) is 1.78. The van der Waals surface area contributed by atoms with Gasteiger partial charge in [-0.2, -0.15) is 0 Å². The summed E-state index contributed by atoms with van der Waals surface area (Å²) in [6, 6.07) is 18.8. The average Bonchev–Trinajstić information content (AvgIpc) is 3.23. The number of urea groups is 1. The summed E-state index contributed by atoms with van der Waals surface area (Å²) in [6.07, 6.45) is 2.15. The van der Waals surface area contributed by atoms with Crippen LogP contribution in [-0.4, -0.2) is 17.0 Å². The van der Waals surface area contributed by atoms with Crippen LogP contribution in [0.2, 0.25) is 0 Å². The maximum absolute atomic E-state index is 12.4. The number of hydrogen-bond acceptors (Lipinski definition) is 1. The summed E-state index contributed by atoms with van der Waals surface area (Å²) in [7, 11) is 0. The maximum Gasteiger partial charge on any atom is 0.322 e. The van der Waals surface area contributed by atoms with Crippen molar-refractivity contribution in [2.24, 2.45) is 0 Å². The molecule has 2 atom stereocenters. The number of anilines is 1. The zero-order valence-corrected chi connectivity index (χ0v) is 11.1. The quantitative estimate of drug-likeness (QED) is 0.784. The number of nitrogens with one attached hydrogen (secondary N) is 1. The van der Waals surface area contributed by atoms with Crippen LogP contribution in [0.5, 0.6) is 0 Å². The predicted octanol–water partition coefficient (Wildman–Crippen LogP) is 3.59. The van der Waals surface area contributed by atoms with Gasteiger partial charge in [-0.3, -0.25) is 0 Å². The lowest BCUT2D eigenvalue weighted by atomic mass is 9.92. The van der Waals surface area contributed by atoms with Crippen LogP contribution in [0.3, 0.4) is 0 Å². The molecule has 0 saturated carbocycles. The van der Waals surface area contributed by atoms with Crippen LogP contribution in [0, 0.1) is 0 Å². The van der Waals surface area contributed by atoms with Gasteiger partial charge in [-0.25, -0.2) is 4.79 Å². The lowest BCUT2D eigenvalue weighted by Gasteiger charge is -2.11. The zero-order chi connectivity index (χ0) is 13.5. The Hall–Kier alpha value is -2.29. The molecule has 1 heterocycles. The third-order valence-corrected chi connectivity index (χ3v) is 4.27. The minimum atomic E-state index is 0.0166. The summed E-state index contributed by atoms with van der Waals surface area (Å²) in [6.45, 7) is 0. The van der Waals surface area contributed by atoms with Crippen molar-refractivity contribution in [1.29, 1.82) is 0 Å². The van der Waals surface area contributed by atoms with Crippen molar-refractivity contribution in [2.45, 2.75) is 24.9 Å². The minimum Gasteiger partial charge on any atom is -0.310 e. The van der Waals surface area contributed by atoms with E-state index in [1.165, 1.54) is 11.1 Å². The fourth-order valence-electron chi connectivity index (χ4n) is 3.27. The van der Waals surface area contributed by atoms with Crippen LogP contribution in [-0.2, 0) is 6.42 Å². The van der Waals surface area contributed by atoms with E-state index in [0.29, 0.717) is 6.04 Å². The van der Waals surface area contributed by atoms with Crippen molar-refractivity contribution in [3.63, 3.8) is 0 Å². The van der Waals surface area contributed by atoms with Gasteiger partial charge >= 0.3 is 6.03 Å². The Morgan fingerprint density at radius 2 is 1.80 bits per heavy atom. The van der Waals surface area contributed by atoms with Gasteiger partial charge in [0.25, 0.3) is 0 Å². The second kappa shape index (κ2) is 4.37. The number of hydrogen-bond donors (Lipinski definition) is 1. The van der Waals surface area contributed by atoms with Crippen LogP contribution in [0.15, 0.2) is 54.6 Å². The van der Waals surface area contributed by atoms with Gasteiger partial charge in [-0.15, -0.1) is 0 Å². The molecule has 1 aliphatic heterocycles. The number of rotatable bonds is 1. The topological polar surface area (TPSA) is 32.1 Å². The van der Waals surface area contributed by atoms with Crippen LogP contribution in [0.4, 0.5) is 10.5 Å². The Bertz CT molecular complexity index is 653. The molecule has 0 unspecified atom stereocenters. The van der Waals surface area contributed by atoms with Crippen molar-refractivity contribution >= 4 is 11.7 Å². The zero-order valence-electron chi connectivity index (χ0n) is 11.1. The molecule has 1 N–H and O–H groups in total. The van der Waals surface area contributed by atoms with E-state index in [9.17, 15) is 4.79 Å². The van der Waals surface area contributed by atoms with Crippen molar-refractivity contribution < 1.29 is 4.79 Å². The number of aryl methyl sites for hydroxylation is 1. The molecule has 3 heteroatoms. The molecule has 0 spiro atoms. The Balaban J connectivity index is 1.54. The minimum absolute atomic E-state index is 0.0166.